The van der Waals surface area contributed by atoms with Crippen LogP contribution < -0.4 is 4.74 Å². The molecule has 1 N–H and O–H groups in total. The Hall–Kier alpha value is -0.290. The van der Waals surface area contributed by atoms with Gasteiger partial charge in [0.05, 0.1) is 17.3 Å². The molecule has 71 valence electrons. The molecule has 0 aliphatic heterocycles. The molecular weight excluding hydrogens is 279 g/mol. The first kappa shape index (κ1) is 10.8. The highest BCUT2D eigenvalue weighted by molar-refractivity contribution is 14.1. The summed E-state index contributed by atoms with van der Waals surface area (Å²) in [5.41, 5.74) is 0.955. The Morgan fingerprint density at radius 2 is 2.31 bits per heavy atom. The van der Waals surface area contributed by atoms with Gasteiger partial charge >= 0.3 is 0 Å². The number of hydrogen-bond donors (Lipinski definition) is 1. The Labute approximate surface area is 92.1 Å². The van der Waals surface area contributed by atoms with Crippen LogP contribution in [0.15, 0.2) is 18.2 Å². The molecule has 0 saturated carbocycles. The molecule has 1 atom stereocenters. The normalized spacial score (nSPS) is 12.6. The first-order valence-corrected chi connectivity index (χ1v) is 5.05. The fourth-order valence-corrected chi connectivity index (χ4v) is 1.90. The van der Waals surface area contributed by atoms with Gasteiger partial charge in [0, 0.05) is 11.5 Å². The number of rotatable bonds is 3. The Morgan fingerprint density at radius 1 is 1.62 bits per heavy atom. The third-order valence-corrected chi connectivity index (χ3v) is 2.71. The van der Waals surface area contributed by atoms with E-state index in [0.29, 0.717) is 0 Å². The molecule has 0 aliphatic rings. The topological polar surface area (TPSA) is 29.5 Å². The molecule has 1 aromatic rings. The van der Waals surface area contributed by atoms with E-state index in [-0.39, 0.29) is 12.5 Å². The van der Waals surface area contributed by atoms with Crippen molar-refractivity contribution in [2.75, 3.05) is 13.7 Å². The molecule has 0 aliphatic carbocycles. The van der Waals surface area contributed by atoms with Gasteiger partial charge in [0.25, 0.3) is 0 Å². The van der Waals surface area contributed by atoms with E-state index >= 15 is 0 Å². The molecule has 0 bridgehead atoms. The first-order valence-electron chi connectivity index (χ1n) is 3.97. The minimum absolute atomic E-state index is 0.0381. The molecule has 1 radical (unpaired) electrons. The molecule has 3 heteroatoms. The molecule has 0 saturated heterocycles. The number of methoxy groups -OCH3 is 1. The summed E-state index contributed by atoms with van der Waals surface area (Å²) in [6.07, 6.45) is 0. The third-order valence-electron chi connectivity index (χ3n) is 1.86. The zero-order valence-electron chi connectivity index (χ0n) is 7.46. The van der Waals surface area contributed by atoms with Crippen LogP contribution in [0.25, 0.3) is 0 Å². The van der Waals surface area contributed by atoms with Gasteiger partial charge in [-0.2, -0.15) is 0 Å². The molecule has 0 aromatic heterocycles. The van der Waals surface area contributed by atoms with E-state index in [1.54, 1.807) is 7.11 Å². The van der Waals surface area contributed by atoms with Crippen LogP contribution in [0.3, 0.4) is 0 Å². The van der Waals surface area contributed by atoms with Crippen molar-refractivity contribution in [3.63, 3.8) is 0 Å². The van der Waals surface area contributed by atoms with Crippen molar-refractivity contribution in [1.29, 1.82) is 0 Å². The van der Waals surface area contributed by atoms with Crippen LogP contribution in [-0.4, -0.2) is 18.8 Å². The molecule has 13 heavy (non-hydrogen) atoms. The van der Waals surface area contributed by atoms with Crippen LogP contribution in [0.2, 0.25) is 0 Å². The standard InChI is InChI=1S/C10H12IO2/c1-7(6-12)8-4-3-5-9(11)10(8)13-2/h3-5,7,12H,1,6H2,2H3. The van der Waals surface area contributed by atoms with Crippen LogP contribution in [-0.2, 0) is 0 Å². The van der Waals surface area contributed by atoms with Crippen molar-refractivity contribution in [3.05, 3.63) is 34.3 Å². The second kappa shape index (κ2) is 4.81. The van der Waals surface area contributed by atoms with Gasteiger partial charge < -0.3 is 9.84 Å². The molecule has 0 fully saturated rings. The summed E-state index contributed by atoms with van der Waals surface area (Å²) >= 11 is 2.20. The SMILES string of the molecule is [CH2]C(CO)c1cccc(I)c1OC. The Kier molecular flexibility index (Phi) is 3.99. The quantitative estimate of drug-likeness (QED) is 0.865. The molecule has 0 spiro atoms. The first-order chi connectivity index (χ1) is 6.20. The lowest BCUT2D eigenvalue weighted by Crippen LogP contribution is -2.03. The van der Waals surface area contributed by atoms with E-state index in [4.69, 9.17) is 9.84 Å². The predicted molar refractivity (Wildman–Crippen MR) is 60.9 cm³/mol. The smallest absolute Gasteiger partial charge is 0.135 e. The Morgan fingerprint density at radius 3 is 2.85 bits per heavy atom. The van der Waals surface area contributed by atoms with E-state index in [1.165, 1.54) is 0 Å². The highest BCUT2D eigenvalue weighted by Crippen LogP contribution is 2.30. The van der Waals surface area contributed by atoms with Gasteiger partial charge in [-0.25, -0.2) is 0 Å². The van der Waals surface area contributed by atoms with Crippen LogP contribution in [0.1, 0.15) is 11.5 Å². The maximum Gasteiger partial charge on any atom is 0.135 e. The zero-order chi connectivity index (χ0) is 9.84. The second-order valence-electron chi connectivity index (χ2n) is 2.74. The van der Waals surface area contributed by atoms with Crippen LogP contribution >= 0.6 is 22.6 Å². The van der Waals surface area contributed by atoms with Gasteiger partial charge in [-0.05, 0) is 35.6 Å². The Bertz CT molecular complexity index is 286. The fourth-order valence-electron chi connectivity index (χ4n) is 1.16. The highest BCUT2D eigenvalue weighted by atomic mass is 127. The monoisotopic (exact) mass is 291 g/mol. The van der Waals surface area contributed by atoms with Crippen molar-refractivity contribution < 1.29 is 9.84 Å². The van der Waals surface area contributed by atoms with Crippen molar-refractivity contribution in [3.8, 4) is 5.75 Å². The minimum Gasteiger partial charge on any atom is -0.495 e. The lowest BCUT2D eigenvalue weighted by atomic mass is 10.0. The largest absolute Gasteiger partial charge is 0.495 e. The lowest BCUT2D eigenvalue weighted by molar-refractivity contribution is 0.279. The maximum atomic E-state index is 8.98. The van der Waals surface area contributed by atoms with E-state index in [9.17, 15) is 0 Å². The number of aliphatic hydroxyl groups is 1. The summed E-state index contributed by atoms with van der Waals surface area (Å²) in [5.74, 6) is 0.696. The zero-order valence-corrected chi connectivity index (χ0v) is 9.61. The molecule has 1 aromatic carbocycles. The molecular formula is C10H12IO2. The second-order valence-corrected chi connectivity index (χ2v) is 3.90. The minimum atomic E-state index is -0.121. The van der Waals surface area contributed by atoms with Crippen LogP contribution in [0.5, 0.6) is 5.75 Å². The molecule has 1 unspecified atom stereocenters. The summed E-state index contributed by atoms with van der Waals surface area (Å²) in [6, 6.07) is 5.83. The van der Waals surface area contributed by atoms with Crippen molar-refractivity contribution in [2.45, 2.75) is 5.92 Å². The highest BCUT2D eigenvalue weighted by Gasteiger charge is 2.12. The Balaban J connectivity index is 3.12. The van der Waals surface area contributed by atoms with Gasteiger partial charge in [-0.15, -0.1) is 0 Å². The van der Waals surface area contributed by atoms with Gasteiger partial charge in [-0.1, -0.05) is 12.1 Å². The van der Waals surface area contributed by atoms with Crippen molar-refractivity contribution in [1.82, 2.24) is 0 Å². The number of halogens is 1. The van der Waals surface area contributed by atoms with Crippen LogP contribution in [0.4, 0.5) is 0 Å². The van der Waals surface area contributed by atoms with Gasteiger partial charge in [0.15, 0.2) is 0 Å². The summed E-state index contributed by atoms with van der Waals surface area (Å²) in [4.78, 5) is 0. The fraction of sp³-hybridized carbons (Fsp3) is 0.300. The van der Waals surface area contributed by atoms with Gasteiger partial charge in [-0.3, -0.25) is 0 Å². The molecule has 0 heterocycles. The van der Waals surface area contributed by atoms with E-state index in [2.05, 4.69) is 29.5 Å². The third kappa shape index (κ3) is 2.34. The van der Waals surface area contributed by atoms with Crippen LogP contribution in [0, 0.1) is 10.5 Å². The van der Waals surface area contributed by atoms with E-state index < -0.39 is 0 Å². The average Bonchev–Trinajstić information content (AvgIpc) is 2.16. The van der Waals surface area contributed by atoms with Crippen molar-refractivity contribution in [2.24, 2.45) is 0 Å². The van der Waals surface area contributed by atoms with E-state index in [1.807, 2.05) is 18.2 Å². The summed E-state index contributed by atoms with van der Waals surface area (Å²) in [7, 11) is 1.63. The predicted octanol–water partition coefficient (Wildman–Crippen LogP) is 2.21. The molecule has 0 amide bonds. The average molecular weight is 291 g/mol. The summed E-state index contributed by atoms with van der Waals surface area (Å²) in [6.45, 7) is 3.88. The number of aliphatic hydroxyl groups excluding tert-OH is 1. The number of para-hydroxylation sites is 1. The lowest BCUT2D eigenvalue weighted by Gasteiger charge is -2.14. The van der Waals surface area contributed by atoms with E-state index in [0.717, 1.165) is 14.9 Å². The summed E-state index contributed by atoms with van der Waals surface area (Å²) in [5, 5.41) is 8.98. The maximum absolute atomic E-state index is 8.98. The van der Waals surface area contributed by atoms with Crippen molar-refractivity contribution >= 4 is 22.6 Å². The number of benzene rings is 1. The summed E-state index contributed by atoms with van der Waals surface area (Å²) < 4.78 is 6.28. The molecule has 2 nitrogen and oxygen atoms in total. The van der Waals surface area contributed by atoms with Gasteiger partial charge in [0.2, 0.25) is 0 Å². The number of ether oxygens (including phenoxy) is 1. The van der Waals surface area contributed by atoms with Gasteiger partial charge in [0.1, 0.15) is 5.75 Å². The number of hydrogen-bond acceptors (Lipinski definition) is 2. The molecule has 1 rings (SSSR count).